The molecule has 2 aromatic rings. The standard InChI is InChI=1S/C17H19N3O3/c1-19(15-8-3-2-4-9-15)12-6-11-18-17(21)14-7-5-10-16(13-14)20(22)23/h2-5,7-10,13H,6,11-12H2,1H3,(H,18,21). The second-order valence-corrected chi connectivity index (χ2v) is 5.17. The Labute approximate surface area is 134 Å². The number of non-ortho nitro benzene ring substituents is 1. The molecule has 6 nitrogen and oxygen atoms in total. The maximum atomic E-state index is 12.0. The normalized spacial score (nSPS) is 10.1. The molecule has 0 fully saturated rings. The van der Waals surface area contributed by atoms with Crippen LogP contribution in [-0.4, -0.2) is 31.0 Å². The summed E-state index contributed by atoms with van der Waals surface area (Å²) < 4.78 is 0. The van der Waals surface area contributed by atoms with Gasteiger partial charge >= 0.3 is 0 Å². The van der Waals surface area contributed by atoms with Crippen LogP contribution in [0.5, 0.6) is 0 Å². The number of hydrogen-bond acceptors (Lipinski definition) is 4. The van der Waals surface area contributed by atoms with Crippen molar-refractivity contribution in [2.45, 2.75) is 6.42 Å². The van der Waals surface area contributed by atoms with Gasteiger partial charge in [0.2, 0.25) is 0 Å². The molecule has 0 bridgehead atoms. The molecule has 0 saturated heterocycles. The third-order valence-corrected chi connectivity index (χ3v) is 3.47. The minimum absolute atomic E-state index is 0.0820. The van der Waals surface area contributed by atoms with Gasteiger partial charge in [-0.25, -0.2) is 0 Å². The number of nitro benzene ring substituents is 1. The lowest BCUT2D eigenvalue weighted by Gasteiger charge is -2.19. The van der Waals surface area contributed by atoms with Crippen molar-refractivity contribution in [3.05, 3.63) is 70.3 Å². The van der Waals surface area contributed by atoms with Crippen LogP contribution in [-0.2, 0) is 0 Å². The van der Waals surface area contributed by atoms with Crippen LogP contribution < -0.4 is 10.2 Å². The van der Waals surface area contributed by atoms with E-state index < -0.39 is 4.92 Å². The SMILES string of the molecule is CN(CCCNC(=O)c1cccc([N+](=O)[O-])c1)c1ccccc1. The molecule has 0 atom stereocenters. The Morgan fingerprint density at radius 3 is 2.61 bits per heavy atom. The Morgan fingerprint density at radius 2 is 1.91 bits per heavy atom. The number of rotatable bonds is 7. The molecule has 0 aliphatic carbocycles. The van der Waals surface area contributed by atoms with E-state index in [9.17, 15) is 14.9 Å². The molecule has 0 aliphatic rings. The average Bonchev–Trinajstić information content (AvgIpc) is 2.59. The van der Waals surface area contributed by atoms with E-state index in [2.05, 4.69) is 10.2 Å². The van der Waals surface area contributed by atoms with Gasteiger partial charge in [-0.3, -0.25) is 14.9 Å². The molecular formula is C17H19N3O3. The monoisotopic (exact) mass is 313 g/mol. The lowest BCUT2D eigenvalue weighted by Crippen LogP contribution is -2.28. The van der Waals surface area contributed by atoms with Gasteiger partial charge in [-0.1, -0.05) is 24.3 Å². The largest absolute Gasteiger partial charge is 0.375 e. The maximum Gasteiger partial charge on any atom is 0.270 e. The zero-order valence-electron chi connectivity index (χ0n) is 12.9. The topological polar surface area (TPSA) is 75.5 Å². The smallest absolute Gasteiger partial charge is 0.270 e. The number of benzene rings is 2. The van der Waals surface area contributed by atoms with Crippen LogP contribution in [0.2, 0.25) is 0 Å². The Balaban J connectivity index is 1.79. The summed E-state index contributed by atoms with van der Waals surface area (Å²) in [5.74, 6) is -0.295. The van der Waals surface area contributed by atoms with Crippen molar-refractivity contribution in [3.63, 3.8) is 0 Å². The van der Waals surface area contributed by atoms with E-state index in [0.29, 0.717) is 12.1 Å². The van der Waals surface area contributed by atoms with Crippen molar-refractivity contribution in [1.82, 2.24) is 5.32 Å². The fourth-order valence-electron chi connectivity index (χ4n) is 2.19. The molecular weight excluding hydrogens is 294 g/mol. The van der Waals surface area contributed by atoms with E-state index in [1.807, 2.05) is 37.4 Å². The zero-order chi connectivity index (χ0) is 16.7. The first-order valence-corrected chi connectivity index (χ1v) is 7.37. The molecule has 2 rings (SSSR count). The van der Waals surface area contributed by atoms with Gasteiger partial charge in [0.1, 0.15) is 0 Å². The predicted molar refractivity (Wildman–Crippen MR) is 89.8 cm³/mol. The Bertz CT molecular complexity index is 674. The molecule has 0 heterocycles. The first-order chi connectivity index (χ1) is 11.1. The first kappa shape index (κ1) is 16.5. The Morgan fingerprint density at radius 1 is 1.17 bits per heavy atom. The minimum Gasteiger partial charge on any atom is -0.375 e. The number of nitro groups is 1. The van der Waals surface area contributed by atoms with Crippen LogP contribution in [0.1, 0.15) is 16.8 Å². The van der Waals surface area contributed by atoms with Crippen LogP contribution in [0.25, 0.3) is 0 Å². The van der Waals surface area contributed by atoms with Gasteiger partial charge in [-0.15, -0.1) is 0 Å². The van der Waals surface area contributed by atoms with Crippen molar-refractivity contribution in [3.8, 4) is 0 Å². The lowest BCUT2D eigenvalue weighted by atomic mass is 10.2. The van der Waals surface area contributed by atoms with Crippen LogP contribution in [0.4, 0.5) is 11.4 Å². The van der Waals surface area contributed by atoms with Crippen molar-refractivity contribution < 1.29 is 9.72 Å². The summed E-state index contributed by atoms with van der Waals surface area (Å²) in [5, 5.41) is 13.5. The second kappa shape index (κ2) is 7.93. The number of carbonyl (C=O) groups is 1. The van der Waals surface area contributed by atoms with Crippen molar-refractivity contribution in [2.24, 2.45) is 0 Å². The van der Waals surface area contributed by atoms with E-state index in [1.54, 1.807) is 6.07 Å². The van der Waals surface area contributed by atoms with Gasteiger partial charge in [-0.2, -0.15) is 0 Å². The van der Waals surface area contributed by atoms with E-state index in [1.165, 1.54) is 18.2 Å². The number of para-hydroxylation sites is 1. The number of nitrogens with one attached hydrogen (secondary N) is 1. The van der Waals surface area contributed by atoms with Crippen LogP contribution in [0.15, 0.2) is 54.6 Å². The van der Waals surface area contributed by atoms with Crippen molar-refractivity contribution in [2.75, 3.05) is 25.0 Å². The molecule has 1 N–H and O–H groups in total. The van der Waals surface area contributed by atoms with Gasteiger partial charge in [0.05, 0.1) is 4.92 Å². The van der Waals surface area contributed by atoms with Crippen LogP contribution in [0.3, 0.4) is 0 Å². The predicted octanol–water partition coefficient (Wildman–Crippen LogP) is 2.85. The van der Waals surface area contributed by atoms with Crippen LogP contribution >= 0.6 is 0 Å². The summed E-state index contributed by atoms with van der Waals surface area (Å²) in [6.07, 6.45) is 0.784. The number of anilines is 1. The summed E-state index contributed by atoms with van der Waals surface area (Å²) in [6, 6.07) is 15.7. The van der Waals surface area contributed by atoms with Crippen molar-refractivity contribution >= 4 is 17.3 Å². The molecule has 0 radical (unpaired) electrons. The second-order valence-electron chi connectivity index (χ2n) is 5.17. The van der Waals surface area contributed by atoms with E-state index in [-0.39, 0.29) is 11.6 Å². The molecule has 0 aromatic heterocycles. The number of amides is 1. The van der Waals surface area contributed by atoms with E-state index >= 15 is 0 Å². The summed E-state index contributed by atoms with van der Waals surface area (Å²) in [5.41, 5.74) is 1.34. The molecule has 0 spiro atoms. The molecule has 23 heavy (non-hydrogen) atoms. The van der Waals surface area contributed by atoms with E-state index in [0.717, 1.165) is 18.7 Å². The molecule has 0 aliphatic heterocycles. The number of carbonyl (C=O) groups excluding carboxylic acids is 1. The zero-order valence-corrected chi connectivity index (χ0v) is 12.9. The van der Waals surface area contributed by atoms with Gasteiger partial charge < -0.3 is 10.2 Å². The highest BCUT2D eigenvalue weighted by Crippen LogP contribution is 2.13. The van der Waals surface area contributed by atoms with E-state index in [4.69, 9.17) is 0 Å². The van der Waals surface area contributed by atoms with Crippen molar-refractivity contribution in [1.29, 1.82) is 0 Å². The van der Waals surface area contributed by atoms with Gasteiger partial charge in [0.25, 0.3) is 11.6 Å². The first-order valence-electron chi connectivity index (χ1n) is 7.37. The minimum atomic E-state index is -0.508. The number of nitrogens with zero attached hydrogens (tertiary/aromatic N) is 2. The summed E-state index contributed by atoms with van der Waals surface area (Å²) >= 11 is 0. The quantitative estimate of drug-likeness (QED) is 0.484. The van der Waals surface area contributed by atoms with Gasteiger partial charge in [-0.05, 0) is 24.6 Å². The van der Waals surface area contributed by atoms with Gasteiger partial charge in [0.15, 0.2) is 0 Å². The molecule has 0 saturated carbocycles. The molecule has 2 aromatic carbocycles. The molecule has 120 valence electrons. The average molecular weight is 313 g/mol. The highest BCUT2D eigenvalue weighted by atomic mass is 16.6. The summed E-state index contributed by atoms with van der Waals surface area (Å²) in [6.45, 7) is 1.32. The summed E-state index contributed by atoms with van der Waals surface area (Å²) in [7, 11) is 2.00. The maximum absolute atomic E-state index is 12.0. The molecule has 0 unspecified atom stereocenters. The summed E-state index contributed by atoms with van der Waals surface area (Å²) in [4.78, 5) is 24.3. The number of hydrogen-bond donors (Lipinski definition) is 1. The van der Waals surface area contributed by atoms with Crippen LogP contribution in [0, 0.1) is 10.1 Å². The molecule has 6 heteroatoms. The third-order valence-electron chi connectivity index (χ3n) is 3.47. The highest BCUT2D eigenvalue weighted by molar-refractivity contribution is 5.94. The Hall–Kier alpha value is -2.89. The third kappa shape index (κ3) is 4.81. The molecule has 1 amide bonds. The lowest BCUT2D eigenvalue weighted by molar-refractivity contribution is -0.384. The fourth-order valence-corrected chi connectivity index (χ4v) is 2.19. The highest BCUT2D eigenvalue weighted by Gasteiger charge is 2.10. The fraction of sp³-hybridized carbons (Fsp3) is 0.235. The Kier molecular flexibility index (Phi) is 5.68. The van der Waals surface area contributed by atoms with Gasteiger partial charge in [0, 0.05) is 43.5 Å².